The highest BCUT2D eigenvalue weighted by molar-refractivity contribution is 7.10. The summed E-state index contributed by atoms with van der Waals surface area (Å²) < 4.78 is 40.8. The molecule has 0 radical (unpaired) electrons. The zero-order valence-electron chi connectivity index (χ0n) is 13.7. The van der Waals surface area contributed by atoms with Gasteiger partial charge in [-0.05, 0) is 24.3 Å². The monoisotopic (exact) mass is 387 g/mol. The predicted octanol–water partition coefficient (Wildman–Crippen LogP) is 5.00. The molecule has 0 amide bonds. The molecule has 4 rings (SSSR count). The van der Waals surface area contributed by atoms with Crippen molar-refractivity contribution >= 4 is 34.9 Å². The normalized spacial score (nSPS) is 14.7. The van der Waals surface area contributed by atoms with E-state index in [9.17, 15) is 18.3 Å². The molecule has 0 saturated heterocycles. The molecule has 0 bridgehead atoms. The molecule has 27 heavy (non-hydrogen) atoms. The molecule has 1 aromatic heterocycles. The second-order valence-corrected chi connectivity index (χ2v) is 6.85. The van der Waals surface area contributed by atoms with Gasteiger partial charge in [-0.15, -0.1) is 0 Å². The summed E-state index contributed by atoms with van der Waals surface area (Å²) in [4.78, 5) is 4.35. The van der Waals surface area contributed by atoms with Crippen LogP contribution in [0.25, 0.3) is 17.3 Å². The molecule has 3 aromatic rings. The van der Waals surface area contributed by atoms with Crippen molar-refractivity contribution in [3.8, 4) is 11.6 Å². The van der Waals surface area contributed by atoms with Crippen molar-refractivity contribution in [1.82, 2.24) is 4.57 Å². The molecule has 0 unspecified atom stereocenters. The Bertz CT molecular complexity index is 1160. The van der Waals surface area contributed by atoms with E-state index in [1.54, 1.807) is 12.3 Å². The maximum absolute atomic E-state index is 13.3. The molecule has 136 valence electrons. The van der Waals surface area contributed by atoms with Crippen LogP contribution in [0.4, 0.5) is 18.9 Å². The Hall–Kier alpha value is -3.13. The Balaban J connectivity index is 1.86. The molecule has 0 atom stereocenters. The number of benzene rings is 2. The van der Waals surface area contributed by atoms with Crippen molar-refractivity contribution in [2.24, 2.45) is 4.99 Å². The Labute approximate surface area is 155 Å². The van der Waals surface area contributed by atoms with Gasteiger partial charge in [-0.1, -0.05) is 41.7 Å². The predicted molar refractivity (Wildman–Crippen MR) is 98.6 cm³/mol. The Morgan fingerprint density at radius 3 is 2.56 bits per heavy atom. The Kier molecular flexibility index (Phi) is 4.00. The topological polar surface area (TPSA) is 61.4 Å². The smallest absolute Gasteiger partial charge is 0.418 e. The molecule has 2 N–H and O–H groups in total. The summed E-state index contributed by atoms with van der Waals surface area (Å²) in [5.41, 5.74) is 1.16. The van der Waals surface area contributed by atoms with E-state index in [0.717, 1.165) is 38.8 Å². The van der Waals surface area contributed by atoms with E-state index in [0.29, 0.717) is 0 Å². The maximum atomic E-state index is 13.3. The number of aliphatic imine (C=N–C) groups is 1. The van der Waals surface area contributed by atoms with Gasteiger partial charge in [0, 0.05) is 17.4 Å². The summed E-state index contributed by atoms with van der Waals surface area (Å²) >= 11 is 0.891. The minimum atomic E-state index is -4.60. The minimum absolute atomic E-state index is 0.209. The Morgan fingerprint density at radius 2 is 1.78 bits per heavy atom. The molecule has 4 nitrogen and oxygen atoms in total. The summed E-state index contributed by atoms with van der Waals surface area (Å²) in [6.45, 7) is 0. The van der Waals surface area contributed by atoms with E-state index >= 15 is 0 Å². The molecule has 0 spiro atoms. The lowest BCUT2D eigenvalue weighted by atomic mass is 10.1. The number of thiazole rings is 1. The zero-order chi connectivity index (χ0) is 19.2. The third kappa shape index (κ3) is 2.97. The number of rotatable bonds is 2. The van der Waals surface area contributed by atoms with Crippen molar-refractivity contribution in [2.45, 2.75) is 6.18 Å². The molecule has 8 heteroatoms. The van der Waals surface area contributed by atoms with Crippen LogP contribution in [0, 0.1) is 5.41 Å². The molecule has 0 aliphatic carbocycles. The van der Waals surface area contributed by atoms with Crippen molar-refractivity contribution < 1.29 is 18.3 Å². The third-order valence-electron chi connectivity index (χ3n) is 4.14. The lowest BCUT2D eigenvalue weighted by Gasteiger charge is -2.13. The molecule has 1 aliphatic rings. The van der Waals surface area contributed by atoms with Crippen LogP contribution in [0.2, 0.25) is 0 Å². The van der Waals surface area contributed by atoms with Gasteiger partial charge in [0.1, 0.15) is 0 Å². The van der Waals surface area contributed by atoms with Gasteiger partial charge in [0.25, 0.3) is 0 Å². The minimum Gasteiger partial charge on any atom is -0.493 e. The van der Waals surface area contributed by atoms with Gasteiger partial charge >= 0.3 is 6.18 Å². The first-order valence-corrected chi connectivity index (χ1v) is 8.69. The van der Waals surface area contributed by atoms with E-state index in [1.807, 2.05) is 24.3 Å². The highest BCUT2D eigenvalue weighted by atomic mass is 32.1. The van der Waals surface area contributed by atoms with E-state index in [1.165, 1.54) is 18.2 Å². The van der Waals surface area contributed by atoms with Crippen LogP contribution in [-0.4, -0.2) is 15.9 Å². The van der Waals surface area contributed by atoms with E-state index in [4.69, 9.17) is 5.41 Å². The summed E-state index contributed by atoms with van der Waals surface area (Å²) in [6.07, 6.45) is -1.35. The fraction of sp³-hybridized carbons (Fsp3) is 0.0526. The Morgan fingerprint density at radius 1 is 1.07 bits per heavy atom. The standard InChI is InChI=1S/C19H12F3N3OS/c20-19(21,22)13-6-2-4-8-15(13)25-17(26)16(27-18(25)23)9-11-10-24-14-7-3-1-5-12(11)14/h1-10,23,26H/b11-9+,23-18?. The molecule has 1 aliphatic heterocycles. The van der Waals surface area contributed by atoms with Gasteiger partial charge in [-0.3, -0.25) is 15.0 Å². The fourth-order valence-electron chi connectivity index (χ4n) is 2.92. The van der Waals surface area contributed by atoms with Crippen LogP contribution in [0.3, 0.4) is 0 Å². The number of nitrogens with zero attached hydrogens (tertiary/aromatic N) is 2. The van der Waals surface area contributed by atoms with Crippen LogP contribution in [0.15, 0.2) is 53.5 Å². The molecular weight excluding hydrogens is 375 g/mol. The summed E-state index contributed by atoms with van der Waals surface area (Å²) in [7, 11) is 0. The molecule has 2 aromatic carbocycles. The fourth-order valence-corrected chi connectivity index (χ4v) is 3.78. The van der Waals surface area contributed by atoms with Crippen LogP contribution in [-0.2, 0) is 6.18 Å². The number of alkyl halides is 3. The second-order valence-electron chi connectivity index (χ2n) is 5.82. The highest BCUT2D eigenvalue weighted by Gasteiger charge is 2.34. The van der Waals surface area contributed by atoms with Crippen LogP contribution in [0.5, 0.6) is 5.88 Å². The zero-order valence-corrected chi connectivity index (χ0v) is 14.5. The molecule has 2 heterocycles. The maximum Gasteiger partial charge on any atom is 0.418 e. The lowest BCUT2D eigenvalue weighted by Crippen LogP contribution is -2.16. The van der Waals surface area contributed by atoms with E-state index in [2.05, 4.69) is 4.99 Å². The average Bonchev–Trinajstić information content (AvgIpc) is 3.16. The number of hydrogen-bond donors (Lipinski definition) is 2. The number of aromatic nitrogens is 1. The molecule has 0 fully saturated rings. The number of para-hydroxylation sites is 2. The largest absolute Gasteiger partial charge is 0.493 e. The van der Waals surface area contributed by atoms with Gasteiger partial charge in [-0.25, -0.2) is 0 Å². The number of allylic oxidation sites excluding steroid dienone is 1. The van der Waals surface area contributed by atoms with E-state index in [-0.39, 0.29) is 15.4 Å². The van der Waals surface area contributed by atoms with Crippen molar-refractivity contribution in [2.75, 3.05) is 0 Å². The van der Waals surface area contributed by atoms with Gasteiger partial charge < -0.3 is 5.11 Å². The van der Waals surface area contributed by atoms with Crippen molar-refractivity contribution in [1.29, 1.82) is 5.41 Å². The highest BCUT2D eigenvalue weighted by Crippen LogP contribution is 2.37. The summed E-state index contributed by atoms with van der Waals surface area (Å²) in [6, 6.07) is 12.3. The SMILES string of the molecule is N=c1sc(/C=C2\C=Nc3ccccc32)c(O)n1-c1ccccc1C(F)(F)F. The third-order valence-corrected chi connectivity index (χ3v) is 5.03. The van der Waals surface area contributed by atoms with Gasteiger partial charge in [0.15, 0.2) is 4.80 Å². The second kappa shape index (κ2) is 6.24. The van der Waals surface area contributed by atoms with Crippen LogP contribution < -0.4 is 4.80 Å². The van der Waals surface area contributed by atoms with Gasteiger partial charge in [-0.2, -0.15) is 13.2 Å². The number of halogens is 3. The number of aromatic hydroxyl groups is 1. The van der Waals surface area contributed by atoms with E-state index < -0.39 is 17.6 Å². The quantitative estimate of drug-likeness (QED) is 0.639. The van der Waals surface area contributed by atoms with Crippen LogP contribution >= 0.6 is 11.3 Å². The van der Waals surface area contributed by atoms with Crippen molar-refractivity contribution in [3.05, 3.63) is 69.3 Å². The molecular formula is C19H12F3N3OS. The number of fused-ring (bicyclic) bond motifs is 1. The first kappa shape index (κ1) is 17.3. The number of hydrogen-bond acceptors (Lipinski definition) is 4. The van der Waals surface area contributed by atoms with Crippen molar-refractivity contribution in [3.63, 3.8) is 0 Å². The summed E-state index contributed by atoms with van der Waals surface area (Å²) in [5, 5.41) is 18.6. The van der Waals surface area contributed by atoms with Gasteiger partial charge in [0.2, 0.25) is 5.88 Å². The molecule has 0 saturated carbocycles. The van der Waals surface area contributed by atoms with Crippen LogP contribution in [0.1, 0.15) is 16.0 Å². The summed E-state index contributed by atoms with van der Waals surface area (Å²) in [5.74, 6) is -0.410. The number of nitrogens with one attached hydrogen (secondary N) is 1. The van der Waals surface area contributed by atoms with Gasteiger partial charge in [0.05, 0.1) is 21.8 Å². The lowest BCUT2D eigenvalue weighted by molar-refractivity contribution is -0.137. The first-order chi connectivity index (χ1) is 12.9. The first-order valence-electron chi connectivity index (χ1n) is 7.87. The average molecular weight is 387 g/mol.